The topological polar surface area (TPSA) is 21.3 Å². The highest BCUT2D eigenvalue weighted by Gasteiger charge is 2.21. The van der Waals surface area contributed by atoms with Crippen LogP contribution in [0.15, 0.2) is 211 Å². The van der Waals surface area contributed by atoms with E-state index in [2.05, 4.69) is 216 Å². The Balaban J connectivity index is 1.12. The molecular formula is C54H34N2O. The SMILES string of the molecule is c1ccc(-c2ccc(N(c3ccc4c(c3)oc3ccc5ccccc5c34)c3ccc4c5c6ccccc6ccc5n(-c5cccc6ccccc56)c4c3)cc2)cc1. The molecule has 0 N–H and O–H groups in total. The van der Waals surface area contributed by atoms with Crippen LogP contribution in [0.3, 0.4) is 0 Å². The van der Waals surface area contributed by atoms with Crippen LogP contribution in [0.1, 0.15) is 0 Å². The minimum atomic E-state index is 0.863. The van der Waals surface area contributed by atoms with E-state index in [1.165, 1.54) is 59.7 Å². The predicted octanol–water partition coefficient (Wildman–Crippen LogP) is 15.3. The lowest BCUT2D eigenvalue weighted by atomic mass is 10.0. The highest BCUT2D eigenvalue weighted by molar-refractivity contribution is 6.22. The van der Waals surface area contributed by atoms with Crippen molar-refractivity contribution >= 4 is 93.1 Å². The van der Waals surface area contributed by atoms with E-state index in [0.29, 0.717) is 0 Å². The number of furan rings is 1. The van der Waals surface area contributed by atoms with E-state index in [4.69, 9.17) is 4.42 Å². The maximum Gasteiger partial charge on any atom is 0.137 e. The Morgan fingerprint density at radius 3 is 1.68 bits per heavy atom. The van der Waals surface area contributed by atoms with E-state index in [9.17, 15) is 0 Å². The fraction of sp³-hybridized carbons (Fsp3) is 0. The van der Waals surface area contributed by atoms with Gasteiger partial charge in [-0.05, 0) is 92.7 Å². The van der Waals surface area contributed by atoms with E-state index in [-0.39, 0.29) is 0 Å². The first-order valence-electron chi connectivity index (χ1n) is 19.5. The van der Waals surface area contributed by atoms with Gasteiger partial charge in [-0.15, -0.1) is 0 Å². The van der Waals surface area contributed by atoms with Crippen molar-refractivity contribution in [1.29, 1.82) is 0 Å². The third kappa shape index (κ3) is 4.92. The summed E-state index contributed by atoms with van der Waals surface area (Å²) in [5, 5.41) is 12.1. The number of aromatic nitrogens is 1. The quantitative estimate of drug-likeness (QED) is 0.176. The van der Waals surface area contributed by atoms with Gasteiger partial charge in [0.15, 0.2) is 0 Å². The van der Waals surface area contributed by atoms with Crippen molar-refractivity contribution in [3.8, 4) is 16.8 Å². The maximum atomic E-state index is 6.64. The lowest BCUT2D eigenvalue weighted by molar-refractivity contribution is 0.669. The summed E-state index contributed by atoms with van der Waals surface area (Å²) in [4.78, 5) is 2.36. The molecule has 0 amide bonds. The van der Waals surface area contributed by atoms with E-state index < -0.39 is 0 Å². The maximum absolute atomic E-state index is 6.64. The van der Waals surface area contributed by atoms with Gasteiger partial charge in [0, 0.05) is 50.1 Å². The highest BCUT2D eigenvalue weighted by Crippen LogP contribution is 2.44. The van der Waals surface area contributed by atoms with Gasteiger partial charge in [0.05, 0.1) is 16.7 Å². The second-order valence-electron chi connectivity index (χ2n) is 14.9. The molecule has 0 fully saturated rings. The third-order valence-electron chi connectivity index (χ3n) is 11.7. The summed E-state index contributed by atoms with van der Waals surface area (Å²) in [5.74, 6) is 0. The fourth-order valence-corrected chi connectivity index (χ4v) is 9.13. The summed E-state index contributed by atoms with van der Waals surface area (Å²) in [6.07, 6.45) is 0. The molecule has 266 valence electrons. The molecule has 0 radical (unpaired) electrons. The van der Waals surface area contributed by atoms with Crippen LogP contribution in [-0.4, -0.2) is 4.57 Å². The van der Waals surface area contributed by atoms with Crippen LogP contribution in [-0.2, 0) is 0 Å². The molecule has 12 aromatic rings. The fourth-order valence-electron chi connectivity index (χ4n) is 9.13. The van der Waals surface area contributed by atoms with Gasteiger partial charge in [0.25, 0.3) is 0 Å². The lowest BCUT2D eigenvalue weighted by Gasteiger charge is -2.26. The molecule has 0 unspecified atom stereocenters. The number of rotatable bonds is 5. The minimum Gasteiger partial charge on any atom is -0.456 e. The number of hydrogen-bond acceptors (Lipinski definition) is 2. The standard InChI is InChI=1S/C54H34N2O/c1-2-11-35(12-3-1)36-21-25-40(26-22-36)55(42-28-30-47-52(34-42)57-51-32-24-39-15-6-9-19-45(39)54(47)51)41-27-29-46-50(33-41)56(48-20-10-16-37-13-4-7-17-43(37)48)49-31-23-38-14-5-8-18-44(38)53(46)49/h1-34H. The number of nitrogens with zero attached hydrogens (tertiary/aromatic N) is 2. The largest absolute Gasteiger partial charge is 0.456 e. The van der Waals surface area contributed by atoms with Crippen LogP contribution in [0.2, 0.25) is 0 Å². The van der Waals surface area contributed by atoms with Crippen LogP contribution in [0.4, 0.5) is 17.1 Å². The van der Waals surface area contributed by atoms with Gasteiger partial charge in [-0.2, -0.15) is 0 Å². The monoisotopic (exact) mass is 726 g/mol. The molecule has 3 nitrogen and oxygen atoms in total. The Bertz CT molecular complexity index is 3520. The van der Waals surface area contributed by atoms with Crippen molar-refractivity contribution in [2.75, 3.05) is 4.90 Å². The molecule has 57 heavy (non-hydrogen) atoms. The van der Waals surface area contributed by atoms with Crippen LogP contribution >= 0.6 is 0 Å². The van der Waals surface area contributed by atoms with Gasteiger partial charge in [-0.1, -0.05) is 146 Å². The second-order valence-corrected chi connectivity index (χ2v) is 14.9. The Labute approximate surface area is 328 Å². The summed E-state index contributed by atoms with van der Waals surface area (Å²) in [6.45, 7) is 0. The Morgan fingerprint density at radius 1 is 0.333 bits per heavy atom. The molecule has 0 spiro atoms. The Kier molecular flexibility index (Phi) is 6.93. The molecule has 0 saturated carbocycles. The van der Waals surface area contributed by atoms with Gasteiger partial charge in [0.2, 0.25) is 0 Å². The van der Waals surface area contributed by atoms with Crippen LogP contribution < -0.4 is 4.90 Å². The smallest absolute Gasteiger partial charge is 0.137 e. The molecule has 0 aliphatic heterocycles. The number of benzene rings is 10. The number of hydrogen-bond donors (Lipinski definition) is 0. The normalized spacial score (nSPS) is 11.9. The van der Waals surface area contributed by atoms with Gasteiger partial charge >= 0.3 is 0 Å². The zero-order valence-electron chi connectivity index (χ0n) is 30.9. The zero-order valence-corrected chi connectivity index (χ0v) is 30.9. The lowest BCUT2D eigenvalue weighted by Crippen LogP contribution is -2.10. The Hall–Kier alpha value is -7.62. The molecule has 0 aliphatic rings. The first kappa shape index (κ1) is 31.7. The van der Waals surface area contributed by atoms with E-state index >= 15 is 0 Å². The molecule has 0 saturated heterocycles. The average Bonchev–Trinajstić information content (AvgIpc) is 3.82. The molecule has 10 aromatic carbocycles. The summed E-state index contributed by atoms with van der Waals surface area (Å²) in [6, 6.07) is 74.5. The summed E-state index contributed by atoms with van der Waals surface area (Å²) < 4.78 is 9.10. The molecule has 0 atom stereocenters. The van der Waals surface area contributed by atoms with E-state index in [1.807, 2.05) is 0 Å². The number of fused-ring (bicyclic) bond motifs is 11. The average molecular weight is 727 g/mol. The highest BCUT2D eigenvalue weighted by atomic mass is 16.3. The number of anilines is 3. The van der Waals surface area contributed by atoms with Crippen LogP contribution in [0.25, 0.3) is 92.9 Å². The summed E-state index contributed by atoms with van der Waals surface area (Å²) in [5.41, 5.74) is 10.8. The van der Waals surface area contributed by atoms with Gasteiger partial charge < -0.3 is 13.9 Å². The Morgan fingerprint density at radius 2 is 0.912 bits per heavy atom. The van der Waals surface area contributed by atoms with E-state index in [1.54, 1.807) is 0 Å². The first-order valence-corrected chi connectivity index (χ1v) is 19.5. The molecule has 12 rings (SSSR count). The van der Waals surface area contributed by atoms with E-state index in [0.717, 1.165) is 50.2 Å². The molecule has 3 heteroatoms. The van der Waals surface area contributed by atoms with Crippen molar-refractivity contribution in [3.05, 3.63) is 206 Å². The van der Waals surface area contributed by atoms with Gasteiger partial charge in [-0.3, -0.25) is 0 Å². The van der Waals surface area contributed by atoms with Crippen LogP contribution in [0, 0.1) is 0 Å². The molecule has 2 heterocycles. The molecule has 0 aliphatic carbocycles. The zero-order chi connectivity index (χ0) is 37.5. The summed E-state index contributed by atoms with van der Waals surface area (Å²) >= 11 is 0. The molecular weight excluding hydrogens is 693 g/mol. The van der Waals surface area contributed by atoms with Gasteiger partial charge in [-0.25, -0.2) is 0 Å². The predicted molar refractivity (Wildman–Crippen MR) is 241 cm³/mol. The van der Waals surface area contributed by atoms with Crippen molar-refractivity contribution in [1.82, 2.24) is 4.57 Å². The van der Waals surface area contributed by atoms with Crippen molar-refractivity contribution < 1.29 is 4.42 Å². The first-order chi connectivity index (χ1) is 28.3. The van der Waals surface area contributed by atoms with Crippen molar-refractivity contribution in [3.63, 3.8) is 0 Å². The minimum absolute atomic E-state index is 0.863. The second kappa shape index (κ2) is 12.5. The van der Waals surface area contributed by atoms with Crippen molar-refractivity contribution in [2.45, 2.75) is 0 Å². The molecule has 0 bridgehead atoms. The van der Waals surface area contributed by atoms with Crippen molar-refractivity contribution in [2.24, 2.45) is 0 Å². The van der Waals surface area contributed by atoms with Gasteiger partial charge in [0.1, 0.15) is 11.2 Å². The summed E-state index contributed by atoms with van der Waals surface area (Å²) in [7, 11) is 0. The molecule has 2 aromatic heterocycles. The van der Waals surface area contributed by atoms with Crippen LogP contribution in [0.5, 0.6) is 0 Å². The third-order valence-corrected chi connectivity index (χ3v) is 11.7.